The van der Waals surface area contributed by atoms with Crippen molar-refractivity contribution in [1.29, 1.82) is 0 Å². The second kappa shape index (κ2) is 7.54. The van der Waals surface area contributed by atoms with Gasteiger partial charge in [-0.25, -0.2) is 10.4 Å². The van der Waals surface area contributed by atoms with Crippen molar-refractivity contribution in [3.8, 4) is 0 Å². The number of nitrogens with zero attached hydrogens (tertiary/aromatic N) is 2. The lowest BCUT2D eigenvalue weighted by atomic mass is 9.70. The van der Waals surface area contributed by atoms with Gasteiger partial charge in [0.15, 0.2) is 0 Å². The third kappa shape index (κ3) is 3.83. The van der Waals surface area contributed by atoms with Gasteiger partial charge in [-0.3, -0.25) is 9.59 Å². The highest BCUT2D eigenvalue weighted by Crippen LogP contribution is 2.39. The van der Waals surface area contributed by atoms with Crippen LogP contribution in [0.3, 0.4) is 0 Å². The van der Waals surface area contributed by atoms with Crippen molar-refractivity contribution < 1.29 is 4.79 Å². The van der Waals surface area contributed by atoms with Gasteiger partial charge >= 0.3 is 0 Å². The number of hydrogen-bond acceptors (Lipinski definition) is 5. The van der Waals surface area contributed by atoms with Crippen molar-refractivity contribution >= 4 is 33.2 Å². The number of aromatic amines is 1. The number of fused-ring (bicyclic) bond motifs is 2. The first-order valence-electron chi connectivity index (χ1n) is 9.84. The second-order valence-corrected chi connectivity index (χ2v) is 9.12. The van der Waals surface area contributed by atoms with E-state index in [1.54, 1.807) is 0 Å². The molecule has 0 bridgehead atoms. The quantitative estimate of drug-likeness (QED) is 0.790. The van der Waals surface area contributed by atoms with E-state index >= 15 is 0 Å². The number of rotatable bonds is 3. The third-order valence-corrected chi connectivity index (χ3v) is 7.22. The molecule has 2 heterocycles. The number of hydrogen-bond donors (Lipinski definition) is 2. The molecule has 2 fully saturated rings. The maximum atomic E-state index is 12.3. The first-order valence-corrected chi connectivity index (χ1v) is 10.7. The second-order valence-electron chi connectivity index (χ2n) is 7.91. The molecule has 2 aromatic rings. The Hall–Kier alpha value is -2.02. The van der Waals surface area contributed by atoms with E-state index in [9.17, 15) is 9.59 Å². The fraction of sp³-hybridized carbons (Fsp3) is 0.600. The molecule has 0 aliphatic heterocycles. The minimum atomic E-state index is -0.235. The highest BCUT2D eigenvalue weighted by Gasteiger charge is 2.30. The normalized spacial score (nSPS) is 24.1. The maximum absolute atomic E-state index is 12.3. The number of nitrogens with one attached hydrogen (secondary N) is 2. The Morgan fingerprint density at radius 2 is 2.04 bits per heavy atom. The van der Waals surface area contributed by atoms with Gasteiger partial charge in [-0.1, -0.05) is 19.3 Å². The van der Waals surface area contributed by atoms with Crippen LogP contribution in [-0.2, 0) is 11.2 Å². The number of H-pyrrole nitrogens is 1. The largest absolute Gasteiger partial charge is 0.309 e. The predicted molar refractivity (Wildman–Crippen MR) is 108 cm³/mol. The summed E-state index contributed by atoms with van der Waals surface area (Å²) in [7, 11) is 0. The molecule has 0 unspecified atom stereocenters. The van der Waals surface area contributed by atoms with Crippen LogP contribution in [0.2, 0.25) is 0 Å². The molecule has 2 N–H and O–H groups in total. The molecular formula is C20H26N4O2S. The Morgan fingerprint density at radius 1 is 1.26 bits per heavy atom. The van der Waals surface area contributed by atoms with Gasteiger partial charge in [0.2, 0.25) is 5.91 Å². The summed E-state index contributed by atoms with van der Waals surface area (Å²) in [5, 5.41) is 5.00. The molecule has 1 amide bonds. The lowest BCUT2D eigenvalue weighted by Crippen LogP contribution is -2.30. The number of carbonyl (C=O) groups is 1. The minimum absolute atomic E-state index is 0.0318. The van der Waals surface area contributed by atoms with E-state index in [1.165, 1.54) is 43.4 Å². The third-order valence-electron chi connectivity index (χ3n) is 6.12. The van der Waals surface area contributed by atoms with Crippen molar-refractivity contribution in [3.05, 3.63) is 26.6 Å². The average Bonchev–Trinajstić information content (AvgIpc) is 2.94. The fourth-order valence-electron chi connectivity index (χ4n) is 4.51. The molecule has 0 spiro atoms. The van der Waals surface area contributed by atoms with Crippen LogP contribution in [0.5, 0.6) is 0 Å². The lowest BCUT2D eigenvalue weighted by Gasteiger charge is -2.35. The molecule has 2 aliphatic rings. The van der Waals surface area contributed by atoms with E-state index in [0.717, 1.165) is 40.8 Å². The molecule has 0 aromatic carbocycles. The van der Waals surface area contributed by atoms with Gasteiger partial charge in [-0.2, -0.15) is 5.10 Å². The Kier molecular flexibility index (Phi) is 5.12. The van der Waals surface area contributed by atoms with E-state index in [4.69, 9.17) is 0 Å². The molecular weight excluding hydrogens is 360 g/mol. The van der Waals surface area contributed by atoms with E-state index in [1.807, 2.05) is 13.8 Å². The van der Waals surface area contributed by atoms with Crippen LogP contribution in [0.25, 0.3) is 10.2 Å². The van der Waals surface area contributed by atoms with Gasteiger partial charge in [0.05, 0.1) is 11.8 Å². The fourth-order valence-corrected chi connectivity index (χ4v) is 5.56. The minimum Gasteiger partial charge on any atom is -0.309 e. The van der Waals surface area contributed by atoms with E-state index in [2.05, 4.69) is 20.5 Å². The summed E-state index contributed by atoms with van der Waals surface area (Å²) < 4.78 is 0. The van der Waals surface area contributed by atoms with E-state index < -0.39 is 0 Å². The number of aromatic nitrogens is 2. The zero-order valence-electron chi connectivity index (χ0n) is 15.9. The molecule has 2 saturated carbocycles. The Bertz CT molecular complexity index is 959. The molecule has 4 rings (SSSR count). The molecule has 0 saturated heterocycles. The predicted octanol–water partition coefficient (Wildman–Crippen LogP) is 3.61. The van der Waals surface area contributed by atoms with Crippen LogP contribution in [0.15, 0.2) is 9.90 Å². The SMILES string of the molecule is Cc1sc2nc(CC(=O)N/N=C3\CC[C@@H]4CCCC[C@H]4C3)[nH]c(=O)c2c1C. The van der Waals surface area contributed by atoms with Crippen molar-refractivity contribution in [3.63, 3.8) is 0 Å². The van der Waals surface area contributed by atoms with Gasteiger partial charge in [-0.15, -0.1) is 11.3 Å². The van der Waals surface area contributed by atoms with Crippen LogP contribution >= 0.6 is 11.3 Å². The van der Waals surface area contributed by atoms with Crippen LogP contribution < -0.4 is 11.0 Å². The average molecular weight is 387 g/mol. The Balaban J connectivity index is 1.41. The molecule has 2 atom stereocenters. The highest BCUT2D eigenvalue weighted by molar-refractivity contribution is 7.18. The topological polar surface area (TPSA) is 87.2 Å². The molecule has 2 aliphatic carbocycles. The van der Waals surface area contributed by atoms with Crippen molar-refractivity contribution in [2.75, 3.05) is 0 Å². The summed E-state index contributed by atoms with van der Waals surface area (Å²) in [6.07, 6.45) is 8.56. The van der Waals surface area contributed by atoms with E-state index in [0.29, 0.717) is 16.0 Å². The molecule has 0 radical (unpaired) electrons. The van der Waals surface area contributed by atoms with Crippen molar-refractivity contribution in [2.45, 2.75) is 65.2 Å². The summed E-state index contributed by atoms with van der Waals surface area (Å²) in [5.41, 5.74) is 4.56. The Labute approximate surface area is 162 Å². The van der Waals surface area contributed by atoms with Crippen molar-refractivity contribution in [1.82, 2.24) is 15.4 Å². The summed E-state index contributed by atoms with van der Waals surface area (Å²) in [6, 6.07) is 0. The van der Waals surface area contributed by atoms with Crippen LogP contribution in [0.4, 0.5) is 0 Å². The number of hydrazone groups is 1. The summed E-state index contributed by atoms with van der Waals surface area (Å²) in [6.45, 7) is 3.90. The van der Waals surface area contributed by atoms with Crippen LogP contribution in [0, 0.1) is 25.7 Å². The zero-order valence-corrected chi connectivity index (χ0v) is 16.7. The van der Waals surface area contributed by atoms with Gasteiger partial charge in [-0.05, 0) is 56.9 Å². The number of carbonyl (C=O) groups excluding carboxylic acids is 1. The van der Waals surface area contributed by atoms with Crippen LogP contribution in [-0.4, -0.2) is 21.6 Å². The molecule has 27 heavy (non-hydrogen) atoms. The first kappa shape index (κ1) is 18.3. The van der Waals surface area contributed by atoms with Gasteiger partial charge in [0, 0.05) is 10.6 Å². The van der Waals surface area contributed by atoms with Gasteiger partial charge < -0.3 is 4.98 Å². The zero-order chi connectivity index (χ0) is 19.0. The van der Waals surface area contributed by atoms with E-state index in [-0.39, 0.29) is 17.9 Å². The van der Waals surface area contributed by atoms with Gasteiger partial charge in [0.25, 0.3) is 5.56 Å². The number of amides is 1. The molecule has 7 heteroatoms. The monoisotopic (exact) mass is 386 g/mol. The summed E-state index contributed by atoms with van der Waals surface area (Å²) >= 11 is 1.49. The molecule has 144 valence electrons. The molecule has 6 nitrogen and oxygen atoms in total. The number of thiophene rings is 1. The smallest absolute Gasteiger partial charge is 0.259 e. The van der Waals surface area contributed by atoms with Crippen molar-refractivity contribution in [2.24, 2.45) is 16.9 Å². The lowest BCUT2D eigenvalue weighted by molar-refractivity contribution is -0.120. The highest BCUT2D eigenvalue weighted by atomic mass is 32.1. The first-order chi connectivity index (χ1) is 13.0. The summed E-state index contributed by atoms with van der Waals surface area (Å²) in [4.78, 5) is 33.6. The van der Waals surface area contributed by atoms with Gasteiger partial charge in [0.1, 0.15) is 10.7 Å². The Morgan fingerprint density at radius 3 is 2.85 bits per heavy atom. The number of aryl methyl sites for hydroxylation is 2. The molecule has 2 aromatic heterocycles. The standard InChI is InChI=1S/C20H26N4O2S/c1-11-12(2)27-20-18(11)19(26)21-16(22-20)10-17(25)24-23-15-8-7-13-5-3-4-6-14(13)9-15/h13-14H,3-10H2,1-2H3,(H,24,25)(H,21,22,26)/b23-15+/t13-,14-/m0/s1. The maximum Gasteiger partial charge on any atom is 0.259 e. The summed E-state index contributed by atoms with van der Waals surface area (Å²) in [5.74, 6) is 1.75. The van der Waals surface area contributed by atoms with Crippen LogP contribution in [0.1, 0.15) is 61.2 Å².